The molecule has 2 atom stereocenters. The van der Waals surface area contributed by atoms with Crippen molar-refractivity contribution in [1.82, 2.24) is 9.80 Å². The van der Waals surface area contributed by atoms with Gasteiger partial charge in [0.15, 0.2) is 0 Å². The van der Waals surface area contributed by atoms with E-state index in [1.165, 1.54) is 0 Å². The van der Waals surface area contributed by atoms with Crippen LogP contribution in [0, 0.1) is 11.8 Å². The van der Waals surface area contributed by atoms with E-state index in [0.29, 0.717) is 0 Å². The van der Waals surface area contributed by atoms with Gasteiger partial charge < -0.3 is 19.4 Å². The third-order valence-electron chi connectivity index (χ3n) is 1.68. The smallest absolute Gasteiger partial charge is 0.541 e. The molecule has 0 rings (SSSR count). The molecule has 0 aliphatic heterocycles. The molecular weight excluding hydrogens is 263 g/mol. The second-order valence-electron chi connectivity index (χ2n) is 4.56. The SMILES string of the molecule is CC([C-]=O)CN(C)C.CC([C-]=O)CN(C)C.[Ni+2]. The van der Waals surface area contributed by atoms with Gasteiger partial charge in [-0.25, -0.2) is 0 Å². The van der Waals surface area contributed by atoms with Crippen LogP contribution in [0.2, 0.25) is 0 Å². The molecule has 0 N–H and O–H groups in total. The second-order valence-corrected chi connectivity index (χ2v) is 4.56. The van der Waals surface area contributed by atoms with Gasteiger partial charge in [0.1, 0.15) is 0 Å². The Morgan fingerprint density at radius 3 is 1.12 bits per heavy atom. The zero-order valence-corrected chi connectivity index (χ0v) is 12.6. The topological polar surface area (TPSA) is 40.6 Å². The molecule has 0 saturated heterocycles. The van der Waals surface area contributed by atoms with Crippen molar-refractivity contribution in [1.29, 1.82) is 0 Å². The molecule has 17 heavy (non-hydrogen) atoms. The average Bonchev–Trinajstić information content (AvgIpc) is 2.16. The van der Waals surface area contributed by atoms with Gasteiger partial charge in [-0.15, -0.1) is 11.8 Å². The van der Waals surface area contributed by atoms with Crippen LogP contribution in [0.5, 0.6) is 0 Å². The number of hydrogen-bond donors (Lipinski definition) is 0. The van der Waals surface area contributed by atoms with E-state index in [9.17, 15) is 9.59 Å². The Morgan fingerprint density at radius 2 is 1.06 bits per heavy atom. The molecule has 0 amide bonds. The van der Waals surface area contributed by atoms with Gasteiger partial charge >= 0.3 is 16.5 Å². The fourth-order valence-electron chi connectivity index (χ4n) is 1.17. The van der Waals surface area contributed by atoms with Crippen LogP contribution in [0.3, 0.4) is 0 Å². The molecule has 0 aromatic rings. The quantitative estimate of drug-likeness (QED) is 0.529. The predicted octanol–water partition coefficient (Wildman–Crippen LogP) is 0.585. The van der Waals surface area contributed by atoms with Gasteiger partial charge in [0, 0.05) is 0 Å². The molecular formula is C12H24N2NiO2. The molecule has 0 aromatic heterocycles. The van der Waals surface area contributed by atoms with Crippen molar-refractivity contribution in [3.8, 4) is 0 Å². The summed E-state index contributed by atoms with van der Waals surface area (Å²) in [5.41, 5.74) is 0. The van der Waals surface area contributed by atoms with Crippen LogP contribution in [0.4, 0.5) is 0 Å². The number of rotatable bonds is 6. The molecule has 0 spiro atoms. The van der Waals surface area contributed by atoms with Crippen LogP contribution in [0.1, 0.15) is 13.8 Å². The van der Waals surface area contributed by atoms with E-state index in [1.807, 2.05) is 64.4 Å². The summed E-state index contributed by atoms with van der Waals surface area (Å²) in [4.78, 5) is 23.7. The fourth-order valence-corrected chi connectivity index (χ4v) is 1.17. The molecule has 0 aromatic carbocycles. The molecule has 5 heteroatoms. The van der Waals surface area contributed by atoms with Gasteiger partial charge in [0.25, 0.3) is 0 Å². The molecule has 0 aliphatic carbocycles. The minimum absolute atomic E-state index is 0. The minimum atomic E-state index is 0. The summed E-state index contributed by atoms with van der Waals surface area (Å²) in [6, 6.07) is 0. The molecule has 0 radical (unpaired) electrons. The summed E-state index contributed by atoms with van der Waals surface area (Å²) in [6.07, 6.45) is 3.81. The Balaban J connectivity index is -0.000000218. The first kappa shape index (κ1) is 22.0. The van der Waals surface area contributed by atoms with Crippen molar-refractivity contribution in [3.05, 3.63) is 0 Å². The second kappa shape index (κ2) is 13.8. The maximum atomic E-state index is 9.89. The van der Waals surface area contributed by atoms with Gasteiger partial charge in [-0.05, 0) is 41.3 Å². The first-order chi connectivity index (χ1) is 7.33. The van der Waals surface area contributed by atoms with Crippen molar-refractivity contribution >= 4 is 12.6 Å². The monoisotopic (exact) mass is 286 g/mol. The first-order valence-electron chi connectivity index (χ1n) is 5.38. The van der Waals surface area contributed by atoms with E-state index in [4.69, 9.17) is 0 Å². The van der Waals surface area contributed by atoms with Gasteiger partial charge in [-0.2, -0.15) is 0 Å². The Bertz CT molecular complexity index is 167. The number of nitrogens with zero attached hydrogens (tertiary/aromatic N) is 2. The fraction of sp³-hybridized carbons (Fsp3) is 0.833. The van der Waals surface area contributed by atoms with E-state index < -0.39 is 0 Å². The maximum Gasteiger partial charge on any atom is 2.00 e. The average molecular weight is 287 g/mol. The summed E-state index contributed by atoms with van der Waals surface area (Å²) in [6.45, 7) is 5.30. The maximum absolute atomic E-state index is 9.89. The molecule has 0 heterocycles. The zero-order chi connectivity index (χ0) is 13.1. The van der Waals surface area contributed by atoms with Crippen LogP contribution >= 0.6 is 0 Å². The van der Waals surface area contributed by atoms with Crippen LogP contribution in [0.25, 0.3) is 0 Å². The predicted molar refractivity (Wildman–Crippen MR) is 66.8 cm³/mol. The van der Waals surface area contributed by atoms with E-state index in [2.05, 4.69) is 0 Å². The Labute approximate surface area is 116 Å². The number of hydrogen-bond acceptors (Lipinski definition) is 4. The van der Waals surface area contributed by atoms with Crippen LogP contribution in [-0.2, 0) is 26.1 Å². The largest absolute Gasteiger partial charge is 2.00 e. The first-order valence-corrected chi connectivity index (χ1v) is 5.38. The van der Waals surface area contributed by atoms with E-state index in [-0.39, 0.29) is 28.3 Å². The van der Waals surface area contributed by atoms with E-state index in [0.717, 1.165) is 13.1 Å². The summed E-state index contributed by atoms with van der Waals surface area (Å²) in [5.74, 6) is 0.0926. The van der Waals surface area contributed by atoms with Crippen molar-refractivity contribution < 1.29 is 26.1 Å². The Hall–Kier alpha value is -0.246. The summed E-state index contributed by atoms with van der Waals surface area (Å²) in [7, 11) is 7.75. The molecule has 4 nitrogen and oxygen atoms in total. The summed E-state index contributed by atoms with van der Waals surface area (Å²) in [5, 5.41) is 0. The van der Waals surface area contributed by atoms with E-state index >= 15 is 0 Å². The minimum Gasteiger partial charge on any atom is -0.541 e. The van der Waals surface area contributed by atoms with Crippen molar-refractivity contribution in [2.45, 2.75) is 13.8 Å². The molecule has 2 unspecified atom stereocenters. The molecule has 0 fully saturated rings. The molecule has 0 bridgehead atoms. The van der Waals surface area contributed by atoms with Gasteiger partial charge in [-0.1, -0.05) is 13.8 Å². The third-order valence-corrected chi connectivity index (χ3v) is 1.68. The normalized spacial score (nSPS) is 13.2. The molecule has 0 aliphatic rings. The molecule has 104 valence electrons. The van der Waals surface area contributed by atoms with Crippen molar-refractivity contribution in [2.75, 3.05) is 41.3 Å². The van der Waals surface area contributed by atoms with Crippen molar-refractivity contribution in [2.24, 2.45) is 11.8 Å². The van der Waals surface area contributed by atoms with Crippen LogP contribution < -0.4 is 0 Å². The molecule has 0 saturated carbocycles. The van der Waals surface area contributed by atoms with Gasteiger partial charge in [0.05, 0.1) is 0 Å². The zero-order valence-electron chi connectivity index (χ0n) is 11.6. The van der Waals surface area contributed by atoms with Crippen LogP contribution in [-0.4, -0.2) is 63.7 Å². The summed E-state index contributed by atoms with van der Waals surface area (Å²) >= 11 is 0. The van der Waals surface area contributed by atoms with Crippen LogP contribution in [0.15, 0.2) is 0 Å². The standard InChI is InChI=1S/2C6H12NO.Ni/c2*1-6(5-8)4-7(2)3;/h2*6H,4H2,1-3H3;/q2*-1;+2. The van der Waals surface area contributed by atoms with Gasteiger partial charge in [-0.3, -0.25) is 12.6 Å². The van der Waals surface area contributed by atoms with Crippen molar-refractivity contribution in [3.63, 3.8) is 0 Å². The van der Waals surface area contributed by atoms with Gasteiger partial charge in [0.2, 0.25) is 0 Å². The third kappa shape index (κ3) is 21.6. The number of carbonyl (C=O) groups excluding carboxylic acids is 2. The van der Waals surface area contributed by atoms with E-state index in [1.54, 1.807) is 0 Å². The Kier molecular flexibility index (Phi) is 17.9. The summed E-state index contributed by atoms with van der Waals surface area (Å²) < 4.78 is 0. The Morgan fingerprint density at radius 1 is 0.824 bits per heavy atom.